The summed E-state index contributed by atoms with van der Waals surface area (Å²) in [6.45, 7) is 7.07. The molecule has 31 heavy (non-hydrogen) atoms. The van der Waals surface area contributed by atoms with Crippen molar-refractivity contribution in [1.82, 2.24) is 20.7 Å². The SMILES string of the molecule is CCC(CC)c1cc(CNC(=NC)NCc2cccc(CN3CCCC3=O)c2)on1.I. The van der Waals surface area contributed by atoms with Crippen LogP contribution in [0.5, 0.6) is 0 Å². The Labute approximate surface area is 202 Å². The summed E-state index contributed by atoms with van der Waals surface area (Å²) < 4.78 is 5.47. The fourth-order valence-corrected chi connectivity index (χ4v) is 3.82. The number of carbonyl (C=O) groups is 1. The molecule has 0 saturated carbocycles. The molecule has 2 aromatic rings. The van der Waals surface area contributed by atoms with Crippen LogP contribution in [-0.2, 0) is 24.4 Å². The Hall–Kier alpha value is -2.10. The molecule has 7 nitrogen and oxygen atoms in total. The number of nitrogens with one attached hydrogen (secondary N) is 2. The van der Waals surface area contributed by atoms with Crippen molar-refractivity contribution in [2.24, 2.45) is 4.99 Å². The van der Waals surface area contributed by atoms with Crippen LogP contribution < -0.4 is 10.6 Å². The van der Waals surface area contributed by atoms with E-state index in [1.54, 1.807) is 7.05 Å². The average Bonchev–Trinajstić information content (AvgIpc) is 3.39. The Balaban J connectivity index is 0.00000341. The molecule has 1 aromatic carbocycles. The highest BCUT2D eigenvalue weighted by Gasteiger charge is 2.20. The molecule has 0 aliphatic carbocycles. The van der Waals surface area contributed by atoms with E-state index in [4.69, 9.17) is 4.52 Å². The first-order valence-corrected chi connectivity index (χ1v) is 10.9. The lowest BCUT2D eigenvalue weighted by molar-refractivity contribution is -0.128. The summed E-state index contributed by atoms with van der Waals surface area (Å²) in [7, 11) is 1.75. The summed E-state index contributed by atoms with van der Waals surface area (Å²) in [4.78, 5) is 18.1. The van der Waals surface area contributed by atoms with E-state index in [9.17, 15) is 4.79 Å². The van der Waals surface area contributed by atoms with Crippen LogP contribution in [0.15, 0.2) is 39.8 Å². The number of hydrogen-bond acceptors (Lipinski definition) is 4. The van der Waals surface area contributed by atoms with Crippen molar-refractivity contribution in [2.75, 3.05) is 13.6 Å². The number of halogens is 1. The molecular weight excluding hydrogens is 505 g/mol. The normalized spacial score (nSPS) is 14.1. The summed E-state index contributed by atoms with van der Waals surface area (Å²) in [5.41, 5.74) is 3.33. The lowest BCUT2D eigenvalue weighted by Gasteiger charge is -2.16. The lowest BCUT2D eigenvalue weighted by Crippen LogP contribution is -2.36. The van der Waals surface area contributed by atoms with Crippen LogP contribution in [0.3, 0.4) is 0 Å². The third kappa shape index (κ3) is 7.22. The molecule has 1 amide bonds. The minimum absolute atomic E-state index is 0. The van der Waals surface area contributed by atoms with E-state index in [0.29, 0.717) is 37.9 Å². The van der Waals surface area contributed by atoms with Gasteiger partial charge in [0.25, 0.3) is 0 Å². The van der Waals surface area contributed by atoms with Gasteiger partial charge in [0.15, 0.2) is 11.7 Å². The Bertz CT molecular complexity index is 863. The van der Waals surface area contributed by atoms with E-state index >= 15 is 0 Å². The standard InChI is InChI=1S/C23H33N5O2.HI/c1-4-19(5-2)21-13-20(30-27-21)15-26-23(24-3)25-14-17-8-6-9-18(12-17)16-28-11-7-10-22(28)29;/h6,8-9,12-13,19H,4-5,7,10-11,14-16H2,1-3H3,(H2,24,25,26);1H. The number of carbonyl (C=O) groups excluding carboxylic acids is 1. The first-order chi connectivity index (χ1) is 14.6. The third-order valence-electron chi connectivity index (χ3n) is 5.63. The highest BCUT2D eigenvalue weighted by atomic mass is 127. The predicted molar refractivity (Wildman–Crippen MR) is 133 cm³/mol. The largest absolute Gasteiger partial charge is 0.359 e. The second-order valence-corrected chi connectivity index (χ2v) is 7.75. The number of amides is 1. The molecule has 2 heterocycles. The van der Waals surface area contributed by atoms with Crippen LogP contribution >= 0.6 is 24.0 Å². The zero-order chi connectivity index (χ0) is 21.3. The maximum atomic E-state index is 11.9. The monoisotopic (exact) mass is 539 g/mol. The third-order valence-corrected chi connectivity index (χ3v) is 5.63. The van der Waals surface area contributed by atoms with Crippen molar-refractivity contribution < 1.29 is 9.32 Å². The van der Waals surface area contributed by atoms with Gasteiger partial charge < -0.3 is 20.1 Å². The molecule has 1 aromatic heterocycles. The molecule has 1 saturated heterocycles. The highest BCUT2D eigenvalue weighted by Crippen LogP contribution is 2.22. The Kier molecular flexibility index (Phi) is 10.3. The summed E-state index contributed by atoms with van der Waals surface area (Å²) in [5, 5.41) is 10.8. The van der Waals surface area contributed by atoms with E-state index in [1.165, 1.54) is 0 Å². The zero-order valence-electron chi connectivity index (χ0n) is 18.7. The minimum atomic E-state index is 0. The van der Waals surface area contributed by atoms with Crippen molar-refractivity contribution >= 4 is 35.8 Å². The van der Waals surface area contributed by atoms with Gasteiger partial charge in [0.05, 0.1) is 12.2 Å². The van der Waals surface area contributed by atoms with Gasteiger partial charge in [-0.25, -0.2) is 0 Å². The second kappa shape index (κ2) is 12.7. The molecule has 1 fully saturated rings. The van der Waals surface area contributed by atoms with Crippen molar-refractivity contribution in [3.8, 4) is 0 Å². The van der Waals surface area contributed by atoms with Gasteiger partial charge in [0, 0.05) is 45.1 Å². The first-order valence-electron chi connectivity index (χ1n) is 10.9. The zero-order valence-corrected chi connectivity index (χ0v) is 21.0. The molecule has 1 aliphatic rings. The van der Waals surface area contributed by atoms with Crippen LogP contribution in [0.25, 0.3) is 0 Å². The van der Waals surface area contributed by atoms with Crippen LogP contribution in [0.2, 0.25) is 0 Å². The van der Waals surface area contributed by atoms with Gasteiger partial charge in [0.2, 0.25) is 5.91 Å². The minimum Gasteiger partial charge on any atom is -0.359 e. The summed E-state index contributed by atoms with van der Waals surface area (Å²) in [5.74, 6) is 2.21. The maximum Gasteiger partial charge on any atom is 0.222 e. The molecule has 0 bridgehead atoms. The van der Waals surface area contributed by atoms with Gasteiger partial charge in [0.1, 0.15) is 0 Å². The second-order valence-electron chi connectivity index (χ2n) is 7.75. The Morgan fingerprint density at radius 1 is 1.19 bits per heavy atom. The van der Waals surface area contributed by atoms with Gasteiger partial charge in [-0.05, 0) is 30.4 Å². The molecule has 1 aliphatic heterocycles. The molecule has 0 atom stereocenters. The topological polar surface area (TPSA) is 82.8 Å². The molecule has 0 spiro atoms. The van der Waals surface area contributed by atoms with Crippen molar-refractivity contribution in [3.63, 3.8) is 0 Å². The number of hydrogen-bond donors (Lipinski definition) is 2. The van der Waals surface area contributed by atoms with E-state index in [1.807, 2.05) is 17.0 Å². The van der Waals surface area contributed by atoms with Crippen LogP contribution in [0, 0.1) is 0 Å². The summed E-state index contributed by atoms with van der Waals surface area (Å²) in [6, 6.07) is 10.4. The van der Waals surface area contributed by atoms with Gasteiger partial charge in [-0.15, -0.1) is 24.0 Å². The quantitative estimate of drug-likeness (QED) is 0.284. The van der Waals surface area contributed by atoms with Crippen molar-refractivity contribution in [2.45, 2.75) is 65.1 Å². The summed E-state index contributed by atoms with van der Waals surface area (Å²) >= 11 is 0. The Morgan fingerprint density at radius 3 is 2.61 bits per heavy atom. The van der Waals surface area contributed by atoms with Gasteiger partial charge >= 0.3 is 0 Å². The molecule has 170 valence electrons. The van der Waals surface area contributed by atoms with Crippen LogP contribution in [0.1, 0.15) is 68.0 Å². The van der Waals surface area contributed by atoms with Crippen LogP contribution in [0.4, 0.5) is 0 Å². The number of likely N-dealkylation sites (tertiary alicyclic amines) is 1. The summed E-state index contributed by atoms with van der Waals surface area (Å²) in [6.07, 6.45) is 3.76. The van der Waals surface area contributed by atoms with E-state index < -0.39 is 0 Å². The number of nitrogens with zero attached hydrogens (tertiary/aromatic N) is 3. The number of aliphatic imine (C=N–C) groups is 1. The molecule has 0 radical (unpaired) electrons. The highest BCUT2D eigenvalue weighted by molar-refractivity contribution is 14.0. The first kappa shape index (κ1) is 25.2. The number of guanidine groups is 1. The molecule has 0 unspecified atom stereocenters. The maximum absolute atomic E-state index is 11.9. The van der Waals surface area contributed by atoms with Gasteiger partial charge in [-0.1, -0.05) is 43.3 Å². The number of benzene rings is 1. The van der Waals surface area contributed by atoms with Crippen molar-refractivity contribution in [1.29, 1.82) is 0 Å². The average molecular weight is 539 g/mol. The molecule has 3 rings (SSSR count). The molecule has 8 heteroatoms. The van der Waals surface area contributed by atoms with E-state index in [-0.39, 0.29) is 29.9 Å². The van der Waals surface area contributed by atoms with Gasteiger partial charge in [-0.2, -0.15) is 0 Å². The Morgan fingerprint density at radius 2 is 1.94 bits per heavy atom. The fraction of sp³-hybridized carbons (Fsp3) is 0.522. The van der Waals surface area contributed by atoms with Crippen molar-refractivity contribution in [3.05, 3.63) is 52.9 Å². The number of aromatic nitrogens is 1. The molecular formula is C23H34IN5O2. The number of rotatable bonds is 9. The smallest absolute Gasteiger partial charge is 0.222 e. The predicted octanol–water partition coefficient (Wildman–Crippen LogP) is 4.18. The van der Waals surface area contributed by atoms with Gasteiger partial charge in [-0.3, -0.25) is 9.79 Å². The lowest BCUT2D eigenvalue weighted by atomic mass is 9.99. The van der Waals surface area contributed by atoms with Crippen LogP contribution in [-0.4, -0.2) is 35.5 Å². The van der Waals surface area contributed by atoms with E-state index in [0.717, 1.165) is 48.4 Å². The van der Waals surface area contributed by atoms with E-state index in [2.05, 4.69) is 52.8 Å². The fourth-order valence-electron chi connectivity index (χ4n) is 3.82. The molecule has 2 N–H and O–H groups in total.